The lowest BCUT2D eigenvalue weighted by molar-refractivity contribution is 0.0384. The lowest BCUT2D eigenvalue weighted by atomic mass is 10.1. The number of nitrogens with one attached hydrogen (secondary N) is 1. The van der Waals surface area contributed by atoms with Gasteiger partial charge < -0.3 is 15.0 Å². The van der Waals surface area contributed by atoms with Gasteiger partial charge in [-0.2, -0.15) is 0 Å². The lowest BCUT2D eigenvalue weighted by Crippen LogP contribution is -2.42. The maximum absolute atomic E-state index is 13.6. The Bertz CT molecular complexity index is 397. The molecule has 1 fully saturated rings. The quantitative estimate of drug-likeness (QED) is 0.888. The molecule has 0 spiro atoms. The standard InChI is InChI=1S/C14H21FN2O/c1-3-14-10-17(4-5-18-14)13-7-11(9-16-2)6-12(15)8-13/h6-8,14,16H,3-5,9-10H2,1-2H3. The zero-order chi connectivity index (χ0) is 13.0. The Morgan fingerprint density at radius 3 is 3.00 bits per heavy atom. The van der Waals surface area contributed by atoms with Crippen molar-refractivity contribution in [2.24, 2.45) is 0 Å². The molecule has 2 rings (SSSR count). The van der Waals surface area contributed by atoms with Gasteiger partial charge in [0.15, 0.2) is 0 Å². The van der Waals surface area contributed by atoms with Crippen molar-refractivity contribution in [2.75, 3.05) is 31.6 Å². The maximum Gasteiger partial charge on any atom is 0.125 e. The molecule has 1 unspecified atom stereocenters. The molecular weight excluding hydrogens is 231 g/mol. The first kappa shape index (κ1) is 13.3. The number of anilines is 1. The molecule has 0 radical (unpaired) electrons. The van der Waals surface area contributed by atoms with E-state index >= 15 is 0 Å². The Hall–Kier alpha value is -1.13. The zero-order valence-corrected chi connectivity index (χ0v) is 11.1. The molecule has 1 aromatic carbocycles. The first-order chi connectivity index (χ1) is 8.72. The highest BCUT2D eigenvalue weighted by Crippen LogP contribution is 2.22. The van der Waals surface area contributed by atoms with E-state index in [4.69, 9.17) is 4.74 Å². The molecule has 0 saturated carbocycles. The Labute approximate surface area is 108 Å². The molecule has 0 bridgehead atoms. The fraction of sp³-hybridized carbons (Fsp3) is 0.571. The molecule has 3 nitrogen and oxygen atoms in total. The van der Waals surface area contributed by atoms with E-state index in [0.717, 1.165) is 37.4 Å². The van der Waals surface area contributed by atoms with Crippen molar-refractivity contribution in [1.82, 2.24) is 5.32 Å². The van der Waals surface area contributed by atoms with Gasteiger partial charge in [-0.05, 0) is 37.2 Å². The number of benzene rings is 1. The molecule has 1 aliphatic heterocycles. The normalized spacial score (nSPS) is 20.2. The monoisotopic (exact) mass is 252 g/mol. The second kappa shape index (κ2) is 6.16. The van der Waals surface area contributed by atoms with Crippen LogP contribution >= 0.6 is 0 Å². The van der Waals surface area contributed by atoms with Gasteiger partial charge in [-0.3, -0.25) is 0 Å². The molecule has 4 heteroatoms. The van der Waals surface area contributed by atoms with Crippen molar-refractivity contribution in [1.29, 1.82) is 0 Å². The third-order valence-corrected chi connectivity index (χ3v) is 3.28. The first-order valence-corrected chi connectivity index (χ1v) is 6.53. The van der Waals surface area contributed by atoms with Crippen LogP contribution in [-0.2, 0) is 11.3 Å². The van der Waals surface area contributed by atoms with Crippen molar-refractivity contribution < 1.29 is 9.13 Å². The van der Waals surface area contributed by atoms with Gasteiger partial charge >= 0.3 is 0 Å². The van der Waals surface area contributed by atoms with Crippen LogP contribution in [0.15, 0.2) is 18.2 Å². The predicted molar refractivity (Wildman–Crippen MR) is 71.4 cm³/mol. The third-order valence-electron chi connectivity index (χ3n) is 3.28. The lowest BCUT2D eigenvalue weighted by Gasteiger charge is -2.34. The Balaban J connectivity index is 2.16. The SMILES string of the molecule is CCC1CN(c2cc(F)cc(CNC)c2)CCO1. The minimum Gasteiger partial charge on any atom is -0.375 e. The molecular formula is C14H21FN2O. The average Bonchev–Trinajstić information content (AvgIpc) is 2.38. The molecule has 0 amide bonds. The van der Waals surface area contributed by atoms with Crippen molar-refractivity contribution in [3.05, 3.63) is 29.6 Å². The Kier molecular flexibility index (Phi) is 4.55. The predicted octanol–water partition coefficient (Wildman–Crippen LogP) is 2.16. The first-order valence-electron chi connectivity index (χ1n) is 6.53. The summed E-state index contributed by atoms with van der Waals surface area (Å²) in [6.07, 6.45) is 1.25. The van der Waals surface area contributed by atoms with Gasteiger partial charge in [0.1, 0.15) is 5.82 Å². The van der Waals surface area contributed by atoms with Crippen LogP contribution < -0.4 is 10.2 Å². The van der Waals surface area contributed by atoms with E-state index in [0.29, 0.717) is 6.54 Å². The number of morpholine rings is 1. The molecule has 1 aliphatic rings. The van der Waals surface area contributed by atoms with Gasteiger partial charge in [0.05, 0.1) is 12.7 Å². The molecule has 0 aliphatic carbocycles. The van der Waals surface area contributed by atoms with Gasteiger partial charge in [0, 0.05) is 25.3 Å². The highest BCUT2D eigenvalue weighted by molar-refractivity contribution is 5.49. The van der Waals surface area contributed by atoms with Crippen LogP contribution in [-0.4, -0.2) is 32.8 Å². The topological polar surface area (TPSA) is 24.5 Å². The summed E-state index contributed by atoms with van der Waals surface area (Å²) >= 11 is 0. The van der Waals surface area contributed by atoms with Crippen LogP contribution in [0.4, 0.5) is 10.1 Å². The van der Waals surface area contributed by atoms with E-state index < -0.39 is 0 Å². The summed E-state index contributed by atoms with van der Waals surface area (Å²) < 4.78 is 19.2. The van der Waals surface area contributed by atoms with Gasteiger partial charge in [-0.15, -0.1) is 0 Å². The van der Waals surface area contributed by atoms with E-state index in [2.05, 4.69) is 23.2 Å². The number of ether oxygens (including phenoxy) is 1. The van der Waals surface area contributed by atoms with Crippen LogP contribution in [0.1, 0.15) is 18.9 Å². The van der Waals surface area contributed by atoms with Gasteiger partial charge in [-0.1, -0.05) is 6.92 Å². The van der Waals surface area contributed by atoms with E-state index in [9.17, 15) is 4.39 Å². The number of halogens is 1. The second-order valence-corrected chi connectivity index (χ2v) is 4.70. The number of rotatable bonds is 4. The highest BCUT2D eigenvalue weighted by Gasteiger charge is 2.19. The van der Waals surface area contributed by atoms with Crippen LogP contribution in [0.25, 0.3) is 0 Å². The minimum absolute atomic E-state index is 0.169. The molecule has 1 aromatic rings. The van der Waals surface area contributed by atoms with Crippen LogP contribution in [0.3, 0.4) is 0 Å². The average molecular weight is 252 g/mol. The van der Waals surface area contributed by atoms with E-state index in [1.807, 2.05) is 7.05 Å². The fourth-order valence-corrected chi connectivity index (χ4v) is 2.32. The van der Waals surface area contributed by atoms with Crippen LogP contribution in [0.5, 0.6) is 0 Å². The number of hydrogen-bond acceptors (Lipinski definition) is 3. The summed E-state index contributed by atoms with van der Waals surface area (Å²) in [7, 11) is 1.87. The fourth-order valence-electron chi connectivity index (χ4n) is 2.32. The van der Waals surface area contributed by atoms with Crippen molar-refractivity contribution in [3.63, 3.8) is 0 Å². The summed E-state index contributed by atoms with van der Waals surface area (Å²) in [5.41, 5.74) is 1.94. The van der Waals surface area contributed by atoms with Crippen molar-refractivity contribution in [3.8, 4) is 0 Å². The molecule has 0 aromatic heterocycles. The molecule has 1 N–H and O–H groups in total. The number of nitrogens with zero attached hydrogens (tertiary/aromatic N) is 1. The van der Waals surface area contributed by atoms with Crippen LogP contribution in [0, 0.1) is 5.82 Å². The summed E-state index contributed by atoms with van der Waals surface area (Å²) in [6, 6.07) is 5.24. The summed E-state index contributed by atoms with van der Waals surface area (Å²) in [6.45, 7) is 5.20. The maximum atomic E-state index is 13.6. The van der Waals surface area contributed by atoms with Gasteiger partial charge in [-0.25, -0.2) is 4.39 Å². The van der Waals surface area contributed by atoms with Crippen LogP contribution in [0.2, 0.25) is 0 Å². The van der Waals surface area contributed by atoms with E-state index in [-0.39, 0.29) is 11.9 Å². The van der Waals surface area contributed by atoms with Crippen molar-refractivity contribution in [2.45, 2.75) is 26.0 Å². The molecule has 1 saturated heterocycles. The summed E-state index contributed by atoms with van der Waals surface area (Å²) in [5.74, 6) is -0.169. The molecule has 100 valence electrons. The summed E-state index contributed by atoms with van der Waals surface area (Å²) in [4.78, 5) is 2.21. The second-order valence-electron chi connectivity index (χ2n) is 4.70. The molecule has 1 heterocycles. The highest BCUT2D eigenvalue weighted by atomic mass is 19.1. The van der Waals surface area contributed by atoms with E-state index in [1.165, 1.54) is 0 Å². The molecule has 18 heavy (non-hydrogen) atoms. The largest absolute Gasteiger partial charge is 0.375 e. The van der Waals surface area contributed by atoms with Gasteiger partial charge in [0.2, 0.25) is 0 Å². The zero-order valence-electron chi connectivity index (χ0n) is 11.1. The summed E-state index contributed by atoms with van der Waals surface area (Å²) in [5, 5.41) is 3.05. The smallest absolute Gasteiger partial charge is 0.125 e. The van der Waals surface area contributed by atoms with Crippen molar-refractivity contribution >= 4 is 5.69 Å². The van der Waals surface area contributed by atoms with E-state index in [1.54, 1.807) is 12.1 Å². The Morgan fingerprint density at radius 1 is 1.44 bits per heavy atom. The molecule has 1 atom stereocenters. The third kappa shape index (κ3) is 3.21. The minimum atomic E-state index is -0.169. The van der Waals surface area contributed by atoms with Gasteiger partial charge in [0.25, 0.3) is 0 Å². The number of hydrogen-bond donors (Lipinski definition) is 1. The Morgan fingerprint density at radius 2 is 2.28 bits per heavy atom.